The molecule has 104 valence electrons. The van der Waals surface area contributed by atoms with E-state index in [1.807, 2.05) is 24.4 Å². The van der Waals surface area contributed by atoms with E-state index in [4.69, 9.17) is 5.73 Å². The molecule has 2 N–H and O–H groups in total. The Balaban J connectivity index is 2.16. The average molecular weight is 318 g/mol. The zero-order valence-electron chi connectivity index (χ0n) is 10.5. The van der Waals surface area contributed by atoms with Crippen LogP contribution in [-0.2, 0) is 16.4 Å². The van der Waals surface area contributed by atoms with Crippen molar-refractivity contribution in [2.24, 2.45) is 0 Å². The lowest BCUT2D eigenvalue weighted by Gasteiger charge is -2.22. The fraction of sp³-hybridized carbons (Fsp3) is 0.400. The van der Waals surface area contributed by atoms with Gasteiger partial charge in [-0.25, -0.2) is 8.42 Å². The first-order valence-electron chi connectivity index (χ1n) is 5.50. The summed E-state index contributed by atoms with van der Waals surface area (Å²) in [4.78, 5) is 1.14. The molecule has 1 unspecified atom stereocenters. The molecule has 1 atom stereocenters. The van der Waals surface area contributed by atoms with Crippen molar-refractivity contribution in [1.29, 1.82) is 0 Å². The minimum Gasteiger partial charge on any atom is -0.374 e. The van der Waals surface area contributed by atoms with Crippen molar-refractivity contribution in [2.75, 3.05) is 12.8 Å². The first-order valence-corrected chi connectivity index (χ1v) is 8.64. The maximum absolute atomic E-state index is 12.3. The Bertz CT molecular complexity index is 636. The van der Waals surface area contributed by atoms with Crippen molar-refractivity contribution in [3.63, 3.8) is 0 Å². The number of hydrogen-bond donors (Lipinski definition) is 1. The van der Waals surface area contributed by atoms with Gasteiger partial charge in [-0.15, -0.1) is 21.5 Å². The molecule has 0 aliphatic carbocycles. The van der Waals surface area contributed by atoms with Crippen LogP contribution in [0.25, 0.3) is 0 Å². The lowest BCUT2D eigenvalue weighted by Crippen LogP contribution is -2.36. The number of hydrogen-bond acceptors (Lipinski definition) is 7. The third-order valence-electron chi connectivity index (χ3n) is 2.72. The molecule has 0 bridgehead atoms. The van der Waals surface area contributed by atoms with Crippen LogP contribution in [0, 0.1) is 0 Å². The molecule has 2 heterocycles. The lowest BCUT2D eigenvalue weighted by molar-refractivity contribution is 0.387. The normalized spacial score (nSPS) is 13.8. The highest BCUT2D eigenvalue weighted by atomic mass is 32.2. The molecule has 9 heteroatoms. The van der Waals surface area contributed by atoms with Crippen molar-refractivity contribution in [1.82, 2.24) is 14.5 Å². The molecule has 2 aromatic rings. The molecule has 0 amide bonds. The molecule has 6 nitrogen and oxygen atoms in total. The van der Waals surface area contributed by atoms with Crippen LogP contribution in [-0.4, -0.2) is 36.0 Å². The summed E-state index contributed by atoms with van der Waals surface area (Å²) in [5.41, 5.74) is 5.42. The maximum atomic E-state index is 12.3. The van der Waals surface area contributed by atoms with Gasteiger partial charge in [0, 0.05) is 18.0 Å². The highest BCUT2D eigenvalue weighted by molar-refractivity contribution is 7.91. The van der Waals surface area contributed by atoms with Crippen LogP contribution in [0.15, 0.2) is 21.9 Å². The minimum atomic E-state index is -3.62. The highest BCUT2D eigenvalue weighted by Crippen LogP contribution is 2.23. The van der Waals surface area contributed by atoms with Gasteiger partial charge < -0.3 is 5.73 Å². The molecular formula is C10H14N4O2S3. The summed E-state index contributed by atoms with van der Waals surface area (Å²) in [6, 6.07) is 3.78. The first kappa shape index (κ1) is 14.4. The molecule has 0 aliphatic heterocycles. The van der Waals surface area contributed by atoms with E-state index in [9.17, 15) is 8.42 Å². The summed E-state index contributed by atoms with van der Waals surface area (Å²) >= 11 is 2.49. The van der Waals surface area contributed by atoms with Crippen LogP contribution in [0.1, 0.15) is 11.8 Å². The Morgan fingerprint density at radius 2 is 2.21 bits per heavy atom. The molecule has 2 rings (SSSR count). The zero-order valence-corrected chi connectivity index (χ0v) is 12.9. The van der Waals surface area contributed by atoms with Gasteiger partial charge in [0.05, 0.1) is 0 Å². The number of likely N-dealkylation sites (N-methyl/N-ethyl adjacent to an activating group) is 1. The second kappa shape index (κ2) is 5.53. The van der Waals surface area contributed by atoms with Crippen molar-refractivity contribution < 1.29 is 8.42 Å². The molecule has 2 aromatic heterocycles. The van der Waals surface area contributed by atoms with Crippen LogP contribution in [0.4, 0.5) is 5.13 Å². The number of nitrogens with two attached hydrogens (primary N) is 1. The van der Waals surface area contributed by atoms with E-state index in [0.29, 0.717) is 6.42 Å². The summed E-state index contributed by atoms with van der Waals surface area (Å²) < 4.78 is 25.8. The van der Waals surface area contributed by atoms with Crippen molar-refractivity contribution in [3.8, 4) is 0 Å². The van der Waals surface area contributed by atoms with Crippen LogP contribution in [0.5, 0.6) is 0 Å². The number of rotatable bonds is 5. The SMILES string of the molecule is CC(Cc1cccs1)N(C)S(=O)(=O)c1nnc(N)s1. The Hall–Kier alpha value is -1.03. The van der Waals surface area contributed by atoms with Crippen LogP contribution in [0.3, 0.4) is 0 Å². The highest BCUT2D eigenvalue weighted by Gasteiger charge is 2.29. The minimum absolute atomic E-state index is 0.0643. The van der Waals surface area contributed by atoms with Crippen molar-refractivity contribution in [2.45, 2.75) is 23.7 Å². The van der Waals surface area contributed by atoms with Crippen molar-refractivity contribution in [3.05, 3.63) is 22.4 Å². The molecule has 0 saturated heterocycles. The van der Waals surface area contributed by atoms with E-state index >= 15 is 0 Å². The predicted octanol–water partition coefficient (Wildman–Crippen LogP) is 1.43. The molecular weight excluding hydrogens is 304 g/mol. The lowest BCUT2D eigenvalue weighted by atomic mass is 10.2. The third-order valence-corrected chi connectivity index (χ3v) is 6.69. The van der Waals surface area contributed by atoms with Gasteiger partial charge in [0.2, 0.25) is 9.47 Å². The standard InChI is InChI=1S/C10H14N4O2S3/c1-7(6-8-4-3-5-17-8)14(2)19(15,16)10-13-12-9(11)18-10/h3-5,7H,6H2,1-2H3,(H2,11,12). The van der Waals surface area contributed by atoms with Crippen LogP contribution >= 0.6 is 22.7 Å². The number of thiophene rings is 1. The van der Waals surface area contributed by atoms with Crippen LogP contribution < -0.4 is 5.73 Å². The van der Waals surface area contributed by atoms with Gasteiger partial charge in [0.15, 0.2) is 0 Å². The second-order valence-electron chi connectivity index (χ2n) is 4.06. The maximum Gasteiger partial charge on any atom is 0.272 e. The van der Waals surface area contributed by atoms with E-state index in [1.165, 1.54) is 4.31 Å². The molecule has 0 radical (unpaired) electrons. The Labute approximate surface area is 119 Å². The van der Waals surface area contributed by atoms with E-state index in [-0.39, 0.29) is 15.5 Å². The van der Waals surface area contributed by atoms with Crippen LogP contribution in [0.2, 0.25) is 0 Å². The fourth-order valence-electron chi connectivity index (χ4n) is 1.53. The summed E-state index contributed by atoms with van der Waals surface area (Å²) in [5.74, 6) is 0. The van der Waals surface area contributed by atoms with Gasteiger partial charge >= 0.3 is 0 Å². The Kier molecular flexibility index (Phi) is 4.19. The topological polar surface area (TPSA) is 89.2 Å². The fourth-order valence-corrected chi connectivity index (χ4v) is 4.67. The van der Waals surface area contributed by atoms with Gasteiger partial charge in [-0.3, -0.25) is 0 Å². The quantitative estimate of drug-likeness (QED) is 0.901. The van der Waals surface area contributed by atoms with E-state index in [0.717, 1.165) is 16.2 Å². The number of anilines is 1. The summed E-state index contributed by atoms with van der Waals surface area (Å²) in [6.45, 7) is 1.86. The van der Waals surface area contributed by atoms with E-state index in [1.54, 1.807) is 18.4 Å². The molecule has 0 saturated carbocycles. The average Bonchev–Trinajstić information content (AvgIpc) is 2.99. The van der Waals surface area contributed by atoms with Crippen molar-refractivity contribution >= 4 is 37.8 Å². The molecule has 0 aliphatic rings. The van der Waals surface area contributed by atoms with Gasteiger partial charge in [0.25, 0.3) is 10.0 Å². The number of aromatic nitrogens is 2. The molecule has 19 heavy (non-hydrogen) atoms. The summed E-state index contributed by atoms with van der Waals surface area (Å²) in [6.07, 6.45) is 0.668. The number of sulfonamides is 1. The number of nitrogens with zero attached hydrogens (tertiary/aromatic N) is 3. The van der Waals surface area contributed by atoms with Gasteiger partial charge in [0.1, 0.15) is 0 Å². The van der Waals surface area contributed by atoms with Gasteiger partial charge in [-0.05, 0) is 24.8 Å². The Morgan fingerprint density at radius 1 is 1.47 bits per heavy atom. The van der Waals surface area contributed by atoms with E-state index < -0.39 is 10.0 Å². The first-order chi connectivity index (χ1) is 8.91. The van der Waals surface area contributed by atoms with E-state index in [2.05, 4.69) is 10.2 Å². The second-order valence-corrected chi connectivity index (χ2v) is 8.27. The Morgan fingerprint density at radius 3 is 2.74 bits per heavy atom. The van der Waals surface area contributed by atoms with Gasteiger partial charge in [-0.1, -0.05) is 17.4 Å². The monoisotopic (exact) mass is 318 g/mol. The summed E-state index contributed by atoms with van der Waals surface area (Å²) in [5, 5.41) is 9.27. The molecule has 0 fully saturated rings. The smallest absolute Gasteiger partial charge is 0.272 e. The molecule has 0 aromatic carbocycles. The van der Waals surface area contributed by atoms with Gasteiger partial charge in [-0.2, -0.15) is 4.31 Å². The molecule has 0 spiro atoms. The largest absolute Gasteiger partial charge is 0.374 e. The third kappa shape index (κ3) is 3.11. The number of nitrogen functional groups attached to an aromatic ring is 1. The zero-order chi connectivity index (χ0) is 14.0. The summed E-state index contributed by atoms with van der Waals surface area (Å²) in [7, 11) is -2.07. The predicted molar refractivity (Wildman–Crippen MR) is 76.8 cm³/mol.